The topological polar surface area (TPSA) is 26.0 Å². The molecule has 2 aliphatic carbocycles. The fourth-order valence-corrected chi connectivity index (χ4v) is 3.49. The summed E-state index contributed by atoms with van der Waals surface area (Å²) < 4.78 is 0. The van der Waals surface area contributed by atoms with Crippen molar-refractivity contribution in [1.29, 1.82) is 0 Å². The highest BCUT2D eigenvalue weighted by atomic mass is 14.9. The zero-order chi connectivity index (χ0) is 9.47. The molecule has 0 saturated heterocycles. The highest BCUT2D eigenvalue weighted by Crippen LogP contribution is 2.55. The Morgan fingerprint density at radius 1 is 1.38 bits per heavy atom. The van der Waals surface area contributed by atoms with E-state index < -0.39 is 0 Å². The zero-order valence-electron chi connectivity index (χ0n) is 9.05. The first-order valence-electron chi connectivity index (χ1n) is 5.97. The summed E-state index contributed by atoms with van der Waals surface area (Å²) in [6, 6.07) is 0. The van der Waals surface area contributed by atoms with Crippen LogP contribution in [0.3, 0.4) is 0 Å². The summed E-state index contributed by atoms with van der Waals surface area (Å²) >= 11 is 0. The van der Waals surface area contributed by atoms with Gasteiger partial charge in [-0.25, -0.2) is 0 Å². The molecule has 0 aromatic heterocycles. The number of hydrogen-bond donors (Lipinski definition) is 1. The van der Waals surface area contributed by atoms with Gasteiger partial charge in [-0.2, -0.15) is 0 Å². The third kappa shape index (κ3) is 1.52. The Bertz CT molecular complexity index is 190. The lowest BCUT2D eigenvalue weighted by Gasteiger charge is -2.24. The van der Waals surface area contributed by atoms with Gasteiger partial charge in [-0.05, 0) is 37.0 Å². The monoisotopic (exact) mass is 181 g/mol. The van der Waals surface area contributed by atoms with Crippen LogP contribution in [-0.2, 0) is 0 Å². The summed E-state index contributed by atoms with van der Waals surface area (Å²) in [6.45, 7) is 4.67. The van der Waals surface area contributed by atoms with Gasteiger partial charge in [-0.3, -0.25) is 0 Å². The van der Waals surface area contributed by atoms with Gasteiger partial charge >= 0.3 is 0 Å². The molecule has 0 aromatic carbocycles. The lowest BCUT2D eigenvalue weighted by molar-refractivity contribution is 0.306. The van der Waals surface area contributed by atoms with E-state index in [0.717, 1.165) is 17.8 Å². The molecular weight excluding hydrogens is 158 g/mol. The van der Waals surface area contributed by atoms with Gasteiger partial charge in [0.2, 0.25) is 0 Å². The van der Waals surface area contributed by atoms with Crippen LogP contribution in [0.4, 0.5) is 0 Å². The van der Waals surface area contributed by atoms with Crippen LogP contribution in [0.1, 0.15) is 52.4 Å². The van der Waals surface area contributed by atoms with E-state index in [1.54, 1.807) is 0 Å². The molecule has 2 rings (SSSR count). The third-order valence-electron chi connectivity index (χ3n) is 4.39. The van der Waals surface area contributed by atoms with Gasteiger partial charge in [0.1, 0.15) is 0 Å². The highest BCUT2D eigenvalue weighted by Gasteiger charge is 2.56. The molecule has 0 amide bonds. The van der Waals surface area contributed by atoms with Crippen LogP contribution in [-0.4, -0.2) is 5.54 Å². The van der Waals surface area contributed by atoms with Crippen LogP contribution >= 0.6 is 0 Å². The maximum atomic E-state index is 6.47. The summed E-state index contributed by atoms with van der Waals surface area (Å²) in [6.07, 6.45) is 8.23. The zero-order valence-corrected chi connectivity index (χ0v) is 9.05. The molecule has 4 atom stereocenters. The molecule has 0 bridgehead atoms. The average Bonchev–Trinajstić information content (AvgIpc) is 2.56. The summed E-state index contributed by atoms with van der Waals surface area (Å²) in [5, 5.41) is 0. The van der Waals surface area contributed by atoms with Crippen molar-refractivity contribution in [2.75, 3.05) is 0 Å². The molecule has 0 radical (unpaired) electrons. The molecule has 2 fully saturated rings. The maximum absolute atomic E-state index is 6.47. The second kappa shape index (κ2) is 3.27. The van der Waals surface area contributed by atoms with E-state index in [9.17, 15) is 0 Å². The van der Waals surface area contributed by atoms with Gasteiger partial charge in [0, 0.05) is 5.54 Å². The second-order valence-electron chi connectivity index (χ2n) is 5.32. The Hall–Kier alpha value is -0.0400. The Balaban J connectivity index is 1.94. The molecular formula is C12H23N. The minimum atomic E-state index is 0.270. The van der Waals surface area contributed by atoms with Crippen molar-refractivity contribution in [3.05, 3.63) is 0 Å². The van der Waals surface area contributed by atoms with Crippen LogP contribution in [0, 0.1) is 17.8 Å². The van der Waals surface area contributed by atoms with E-state index in [1.165, 1.54) is 38.5 Å². The van der Waals surface area contributed by atoms with E-state index in [4.69, 9.17) is 5.73 Å². The summed E-state index contributed by atoms with van der Waals surface area (Å²) in [5.41, 5.74) is 6.74. The van der Waals surface area contributed by atoms with Crippen molar-refractivity contribution >= 4 is 0 Å². The fraction of sp³-hybridized carbons (Fsp3) is 1.00. The fourth-order valence-electron chi connectivity index (χ4n) is 3.49. The van der Waals surface area contributed by atoms with Crippen LogP contribution in [0.5, 0.6) is 0 Å². The van der Waals surface area contributed by atoms with E-state index in [2.05, 4.69) is 13.8 Å². The van der Waals surface area contributed by atoms with Gasteiger partial charge in [0.15, 0.2) is 0 Å². The predicted molar refractivity (Wildman–Crippen MR) is 56.4 cm³/mol. The van der Waals surface area contributed by atoms with Crippen molar-refractivity contribution in [3.63, 3.8) is 0 Å². The molecule has 4 unspecified atom stereocenters. The molecule has 2 N–H and O–H groups in total. The molecule has 0 spiro atoms. The number of nitrogens with two attached hydrogens (primary N) is 1. The largest absolute Gasteiger partial charge is 0.325 e. The molecule has 2 saturated carbocycles. The molecule has 13 heavy (non-hydrogen) atoms. The van der Waals surface area contributed by atoms with Crippen LogP contribution in [0.2, 0.25) is 0 Å². The van der Waals surface area contributed by atoms with Crippen molar-refractivity contribution in [1.82, 2.24) is 0 Å². The smallest absolute Gasteiger partial charge is 0.0218 e. The quantitative estimate of drug-likeness (QED) is 0.711. The average molecular weight is 181 g/mol. The van der Waals surface area contributed by atoms with Crippen molar-refractivity contribution in [2.24, 2.45) is 23.5 Å². The molecule has 0 aromatic rings. The first-order chi connectivity index (χ1) is 6.18. The maximum Gasteiger partial charge on any atom is 0.0218 e. The van der Waals surface area contributed by atoms with E-state index in [0.29, 0.717) is 0 Å². The minimum Gasteiger partial charge on any atom is -0.325 e. The van der Waals surface area contributed by atoms with E-state index in [-0.39, 0.29) is 5.54 Å². The Labute approximate surface area is 82.1 Å². The first-order valence-corrected chi connectivity index (χ1v) is 5.97. The predicted octanol–water partition coefficient (Wildman–Crippen LogP) is 2.94. The van der Waals surface area contributed by atoms with Crippen molar-refractivity contribution in [3.8, 4) is 0 Å². The third-order valence-corrected chi connectivity index (χ3v) is 4.39. The Morgan fingerprint density at radius 3 is 2.69 bits per heavy atom. The van der Waals surface area contributed by atoms with Crippen molar-refractivity contribution in [2.45, 2.75) is 57.9 Å². The van der Waals surface area contributed by atoms with E-state index >= 15 is 0 Å². The van der Waals surface area contributed by atoms with Crippen LogP contribution in [0.25, 0.3) is 0 Å². The molecule has 1 nitrogen and oxygen atoms in total. The Kier molecular flexibility index (Phi) is 2.39. The highest BCUT2D eigenvalue weighted by molar-refractivity contribution is 5.13. The van der Waals surface area contributed by atoms with Gasteiger partial charge in [0.05, 0.1) is 0 Å². The van der Waals surface area contributed by atoms with Gasteiger partial charge in [-0.15, -0.1) is 0 Å². The molecule has 1 heteroatoms. The number of hydrogen-bond acceptors (Lipinski definition) is 1. The lowest BCUT2D eigenvalue weighted by Crippen LogP contribution is -2.36. The van der Waals surface area contributed by atoms with Crippen molar-refractivity contribution < 1.29 is 0 Å². The summed E-state index contributed by atoms with van der Waals surface area (Å²) in [4.78, 5) is 0. The summed E-state index contributed by atoms with van der Waals surface area (Å²) in [7, 11) is 0. The SMILES string of the molecule is CCCC1CC1(N)C1CCCC1C. The van der Waals surface area contributed by atoms with Crippen LogP contribution < -0.4 is 5.73 Å². The first kappa shape index (κ1) is 9.51. The van der Waals surface area contributed by atoms with Gasteiger partial charge < -0.3 is 5.73 Å². The van der Waals surface area contributed by atoms with Crippen LogP contribution in [0.15, 0.2) is 0 Å². The lowest BCUT2D eigenvalue weighted by atomic mass is 9.86. The minimum absolute atomic E-state index is 0.270. The molecule has 76 valence electrons. The molecule has 2 aliphatic rings. The Morgan fingerprint density at radius 2 is 2.15 bits per heavy atom. The normalized spacial score (nSPS) is 49.6. The van der Waals surface area contributed by atoms with Gasteiger partial charge in [-0.1, -0.05) is 33.1 Å². The standard InChI is InChI=1S/C12H23N/c1-3-5-10-8-12(10,13)11-7-4-6-9(11)2/h9-11H,3-8,13H2,1-2H3. The summed E-state index contributed by atoms with van der Waals surface area (Å²) in [5.74, 6) is 2.61. The van der Waals surface area contributed by atoms with Gasteiger partial charge in [0.25, 0.3) is 0 Å². The molecule has 0 heterocycles. The number of rotatable bonds is 3. The second-order valence-corrected chi connectivity index (χ2v) is 5.32. The van der Waals surface area contributed by atoms with E-state index in [1.807, 2.05) is 0 Å². The molecule has 0 aliphatic heterocycles.